The molecule has 0 bridgehead atoms. The Balaban J connectivity index is 0.000000223. The van der Waals surface area contributed by atoms with Gasteiger partial charge in [0, 0.05) is 50.3 Å². The molecule has 0 aromatic heterocycles. The van der Waals surface area contributed by atoms with Crippen molar-refractivity contribution in [3.63, 3.8) is 0 Å². The normalized spacial score (nSPS) is 14.8. The van der Waals surface area contributed by atoms with Crippen LogP contribution in [0.1, 0.15) is 0 Å². The molecule has 3 rings (SSSR count). The number of rotatable bonds is 5. The van der Waals surface area contributed by atoms with Gasteiger partial charge in [0.25, 0.3) is 0 Å². The van der Waals surface area contributed by atoms with Crippen LogP contribution in [-0.2, 0) is 4.79 Å². The van der Waals surface area contributed by atoms with Crippen molar-refractivity contribution >= 4 is 23.3 Å². The van der Waals surface area contributed by atoms with Crippen LogP contribution in [0.4, 0.5) is 17.1 Å². The first-order valence-corrected chi connectivity index (χ1v) is 9.11. The molecule has 0 unspecified atom stereocenters. The second-order valence-corrected chi connectivity index (χ2v) is 6.62. The van der Waals surface area contributed by atoms with Crippen molar-refractivity contribution in [1.82, 2.24) is 9.80 Å². The minimum Gasteiger partial charge on any atom is -0.497 e. The summed E-state index contributed by atoms with van der Waals surface area (Å²) in [5.74, 6) is 0.861. The van der Waals surface area contributed by atoms with Crippen molar-refractivity contribution in [3.8, 4) is 5.75 Å². The van der Waals surface area contributed by atoms with Gasteiger partial charge in [0.15, 0.2) is 0 Å². The van der Waals surface area contributed by atoms with Gasteiger partial charge in [-0.3, -0.25) is 4.90 Å². The molecule has 0 spiro atoms. The molecule has 6 heteroatoms. The molecule has 0 aliphatic carbocycles. The van der Waals surface area contributed by atoms with Crippen molar-refractivity contribution in [2.45, 2.75) is 0 Å². The number of carbonyl (C=O) groups is 1. The molecule has 27 heavy (non-hydrogen) atoms. The molecule has 2 N–H and O–H groups in total. The van der Waals surface area contributed by atoms with Crippen molar-refractivity contribution in [2.75, 3.05) is 64.6 Å². The third-order valence-corrected chi connectivity index (χ3v) is 4.67. The summed E-state index contributed by atoms with van der Waals surface area (Å²) in [5, 5.41) is 0. The van der Waals surface area contributed by atoms with Crippen LogP contribution >= 0.6 is 0 Å². The molecule has 1 aliphatic rings. The van der Waals surface area contributed by atoms with E-state index in [-0.39, 0.29) is 0 Å². The number of carbonyl (C=O) groups excluding carboxylic acids is 1. The number of nitrogens with zero attached hydrogens (tertiary/aromatic N) is 3. The number of hydrogen-bond donors (Lipinski definition) is 1. The average molecular weight is 370 g/mol. The molecule has 1 fully saturated rings. The Bertz CT molecular complexity index is 680. The molecular formula is C21H30N4O2. The van der Waals surface area contributed by atoms with Gasteiger partial charge < -0.3 is 25.1 Å². The van der Waals surface area contributed by atoms with E-state index in [0.717, 1.165) is 55.3 Å². The maximum Gasteiger partial charge on any atom is 0.133 e. The second-order valence-electron chi connectivity index (χ2n) is 6.62. The van der Waals surface area contributed by atoms with E-state index in [2.05, 4.69) is 21.7 Å². The molecule has 0 amide bonds. The van der Waals surface area contributed by atoms with Crippen LogP contribution < -0.4 is 15.4 Å². The Morgan fingerprint density at radius 2 is 1.52 bits per heavy atom. The summed E-state index contributed by atoms with van der Waals surface area (Å²) in [7, 11) is 5.80. The summed E-state index contributed by atoms with van der Waals surface area (Å²) >= 11 is 0. The second kappa shape index (κ2) is 10.5. The summed E-state index contributed by atoms with van der Waals surface area (Å²) in [6.07, 6.45) is 0.978. The van der Waals surface area contributed by atoms with Gasteiger partial charge in [0.2, 0.25) is 0 Å². The number of anilines is 3. The number of likely N-dealkylation sites (N-methyl/N-ethyl adjacent to an activating group) is 1. The van der Waals surface area contributed by atoms with Gasteiger partial charge >= 0.3 is 0 Å². The Labute approximate surface area is 162 Å². The van der Waals surface area contributed by atoms with Crippen molar-refractivity contribution in [3.05, 3.63) is 48.5 Å². The molecule has 6 nitrogen and oxygen atoms in total. The highest BCUT2D eigenvalue weighted by molar-refractivity contribution is 5.64. The summed E-state index contributed by atoms with van der Waals surface area (Å²) in [4.78, 5) is 16.6. The lowest BCUT2D eigenvalue weighted by Crippen LogP contribution is -2.44. The first-order chi connectivity index (χ1) is 13.0. The Morgan fingerprint density at radius 1 is 1.00 bits per heavy atom. The maximum absolute atomic E-state index is 10.1. The standard InChI is InChI=1S/C14H16N2O.C7H14N2O/c1-16(12-5-3-11(15)4-6-12)13-7-9-14(17-2)10-8-13;1-8-2-4-9(5-3-8)6-7-10/h3-10H,15H2,1-2H3;7H,2-6H2,1H3. The van der Waals surface area contributed by atoms with Gasteiger partial charge in [-0.25, -0.2) is 0 Å². The zero-order chi connectivity index (χ0) is 19.6. The summed E-state index contributed by atoms with van der Waals surface area (Å²) < 4.78 is 5.14. The molecule has 1 saturated heterocycles. The molecule has 0 atom stereocenters. The van der Waals surface area contributed by atoms with Gasteiger partial charge in [-0.1, -0.05) is 0 Å². The largest absolute Gasteiger partial charge is 0.497 e. The number of aldehydes is 1. The van der Waals surface area contributed by atoms with Crippen molar-refractivity contribution in [2.24, 2.45) is 0 Å². The molecule has 146 valence electrons. The van der Waals surface area contributed by atoms with E-state index in [1.54, 1.807) is 7.11 Å². The fraction of sp³-hybridized carbons (Fsp3) is 0.381. The molecule has 0 radical (unpaired) electrons. The summed E-state index contributed by atoms with van der Waals surface area (Å²) in [5.41, 5.74) is 8.65. The highest BCUT2D eigenvalue weighted by atomic mass is 16.5. The van der Waals surface area contributed by atoms with E-state index in [9.17, 15) is 4.79 Å². The number of nitrogen functional groups attached to an aromatic ring is 1. The fourth-order valence-electron chi connectivity index (χ4n) is 2.79. The van der Waals surface area contributed by atoms with Gasteiger partial charge in [0.1, 0.15) is 12.0 Å². The molecule has 0 saturated carbocycles. The van der Waals surface area contributed by atoms with Crippen molar-refractivity contribution < 1.29 is 9.53 Å². The first-order valence-electron chi connectivity index (χ1n) is 9.11. The SMILES string of the molecule is CN1CCN(CC=O)CC1.COc1ccc(N(C)c2ccc(N)cc2)cc1. The van der Waals surface area contributed by atoms with Gasteiger partial charge in [-0.05, 0) is 55.6 Å². The van der Waals surface area contributed by atoms with Crippen LogP contribution in [0.15, 0.2) is 48.5 Å². The lowest BCUT2D eigenvalue weighted by molar-refractivity contribution is -0.109. The van der Waals surface area contributed by atoms with E-state index >= 15 is 0 Å². The average Bonchev–Trinajstić information content (AvgIpc) is 2.70. The van der Waals surface area contributed by atoms with Crippen LogP contribution in [0.25, 0.3) is 0 Å². The van der Waals surface area contributed by atoms with E-state index in [4.69, 9.17) is 10.5 Å². The van der Waals surface area contributed by atoms with E-state index in [0.29, 0.717) is 6.54 Å². The first kappa shape index (κ1) is 20.7. The van der Waals surface area contributed by atoms with Crippen molar-refractivity contribution in [1.29, 1.82) is 0 Å². The quantitative estimate of drug-likeness (QED) is 0.644. The zero-order valence-electron chi connectivity index (χ0n) is 16.5. The maximum atomic E-state index is 10.1. The zero-order valence-corrected chi connectivity index (χ0v) is 16.5. The monoisotopic (exact) mass is 370 g/mol. The van der Waals surface area contributed by atoms with Crippen LogP contribution in [0, 0.1) is 0 Å². The predicted octanol–water partition coefficient (Wildman–Crippen LogP) is 2.48. The van der Waals surface area contributed by atoms with Crippen LogP contribution in [0.3, 0.4) is 0 Å². The molecule has 1 heterocycles. The third kappa shape index (κ3) is 6.58. The molecule has 2 aromatic rings. The number of nitrogens with two attached hydrogens (primary N) is 1. The Kier molecular flexibility index (Phi) is 8.10. The lowest BCUT2D eigenvalue weighted by atomic mass is 10.2. The molecule has 2 aromatic carbocycles. The predicted molar refractivity (Wildman–Crippen MR) is 112 cm³/mol. The third-order valence-electron chi connectivity index (χ3n) is 4.67. The minimum atomic E-state index is 0.605. The van der Waals surface area contributed by atoms with E-state index in [1.807, 2.05) is 55.6 Å². The van der Waals surface area contributed by atoms with Crippen LogP contribution in [0.5, 0.6) is 5.75 Å². The number of hydrogen-bond acceptors (Lipinski definition) is 6. The number of ether oxygens (including phenoxy) is 1. The van der Waals surface area contributed by atoms with Crippen LogP contribution in [0.2, 0.25) is 0 Å². The van der Waals surface area contributed by atoms with E-state index < -0.39 is 0 Å². The smallest absolute Gasteiger partial charge is 0.133 e. The number of benzene rings is 2. The Morgan fingerprint density at radius 3 is 2.00 bits per heavy atom. The molecular weight excluding hydrogens is 340 g/mol. The highest BCUT2D eigenvalue weighted by Crippen LogP contribution is 2.25. The minimum absolute atomic E-state index is 0.605. The van der Waals surface area contributed by atoms with E-state index in [1.165, 1.54) is 0 Å². The highest BCUT2D eigenvalue weighted by Gasteiger charge is 2.11. The topological polar surface area (TPSA) is 62.0 Å². The summed E-state index contributed by atoms with van der Waals surface area (Å²) in [6, 6.07) is 15.7. The number of piperazine rings is 1. The number of methoxy groups -OCH3 is 1. The summed E-state index contributed by atoms with van der Waals surface area (Å²) in [6.45, 7) is 4.86. The van der Waals surface area contributed by atoms with Gasteiger partial charge in [0.05, 0.1) is 13.7 Å². The van der Waals surface area contributed by atoms with Gasteiger partial charge in [-0.15, -0.1) is 0 Å². The lowest BCUT2D eigenvalue weighted by Gasteiger charge is -2.30. The fourth-order valence-corrected chi connectivity index (χ4v) is 2.79. The molecule has 1 aliphatic heterocycles. The Hall–Kier alpha value is -2.57. The van der Waals surface area contributed by atoms with Gasteiger partial charge in [-0.2, -0.15) is 0 Å². The van der Waals surface area contributed by atoms with Crippen LogP contribution in [-0.4, -0.2) is 70.0 Å².